The monoisotopic (exact) mass is 476 g/mol. The van der Waals surface area contributed by atoms with Crippen molar-refractivity contribution in [2.24, 2.45) is 0 Å². The summed E-state index contributed by atoms with van der Waals surface area (Å²) in [6, 6.07) is 12.7. The van der Waals surface area contributed by atoms with E-state index in [1.807, 2.05) is 17.5 Å². The van der Waals surface area contributed by atoms with Crippen molar-refractivity contribution in [3.63, 3.8) is 0 Å². The first-order valence-electron chi connectivity index (χ1n) is 10.3. The van der Waals surface area contributed by atoms with Gasteiger partial charge in [0.05, 0.1) is 5.56 Å². The summed E-state index contributed by atoms with van der Waals surface area (Å²) in [5.41, 5.74) is -0.0273. The summed E-state index contributed by atoms with van der Waals surface area (Å²) in [5, 5.41) is 10.0. The lowest BCUT2D eigenvalue weighted by Gasteiger charge is -2.13. The zero-order chi connectivity index (χ0) is 23.7. The van der Waals surface area contributed by atoms with Gasteiger partial charge < -0.3 is 16.0 Å². The van der Waals surface area contributed by atoms with Crippen LogP contribution in [0.1, 0.15) is 33.6 Å². The normalized spacial score (nSPS) is 11.1. The summed E-state index contributed by atoms with van der Waals surface area (Å²) in [6.07, 6.45) is -1.32. The Hall–Kier alpha value is -3.40. The van der Waals surface area contributed by atoms with E-state index in [1.54, 1.807) is 35.6 Å². The van der Waals surface area contributed by atoms with Gasteiger partial charge in [-0.1, -0.05) is 12.1 Å². The highest BCUT2D eigenvalue weighted by molar-refractivity contribution is 7.09. The van der Waals surface area contributed by atoms with E-state index < -0.39 is 17.6 Å². The molecule has 3 N–H and O–H groups in total. The first kappa shape index (κ1) is 24.2. The Labute approximate surface area is 193 Å². The molecule has 0 aliphatic heterocycles. The zero-order valence-electron chi connectivity index (χ0n) is 17.6. The number of pyridine rings is 1. The Balaban J connectivity index is 1.44. The van der Waals surface area contributed by atoms with Crippen molar-refractivity contribution in [1.29, 1.82) is 0 Å². The van der Waals surface area contributed by atoms with Crippen LogP contribution in [0.4, 0.5) is 24.7 Å². The Bertz CT molecular complexity index is 1070. The SMILES string of the molecule is O=C(CCCc1cccs1)Nc1cccc(C(=O)NCCNc2ncccc2C(F)(F)F)c1. The number of hydrogen-bond donors (Lipinski definition) is 3. The minimum atomic E-state index is -4.52. The average Bonchev–Trinajstić information content (AvgIpc) is 3.30. The van der Waals surface area contributed by atoms with Crippen LogP contribution in [0, 0.1) is 0 Å². The van der Waals surface area contributed by atoms with Crippen molar-refractivity contribution < 1.29 is 22.8 Å². The van der Waals surface area contributed by atoms with Gasteiger partial charge in [-0.05, 0) is 54.6 Å². The fourth-order valence-electron chi connectivity index (χ4n) is 3.07. The van der Waals surface area contributed by atoms with E-state index in [-0.39, 0.29) is 24.8 Å². The molecular formula is C23H23F3N4O2S. The van der Waals surface area contributed by atoms with Crippen LogP contribution in [0.5, 0.6) is 0 Å². The van der Waals surface area contributed by atoms with Crippen LogP contribution in [-0.2, 0) is 17.4 Å². The number of rotatable bonds is 10. The van der Waals surface area contributed by atoms with Gasteiger partial charge in [0.25, 0.3) is 5.91 Å². The molecule has 33 heavy (non-hydrogen) atoms. The van der Waals surface area contributed by atoms with Crippen LogP contribution in [0.3, 0.4) is 0 Å². The van der Waals surface area contributed by atoms with Crippen LogP contribution in [-0.4, -0.2) is 29.9 Å². The highest BCUT2D eigenvalue weighted by Crippen LogP contribution is 2.33. The Kier molecular flexibility index (Phi) is 8.42. The van der Waals surface area contributed by atoms with Gasteiger partial charge in [0, 0.05) is 41.8 Å². The van der Waals surface area contributed by atoms with E-state index in [2.05, 4.69) is 20.9 Å². The molecule has 0 aliphatic rings. The lowest BCUT2D eigenvalue weighted by atomic mass is 10.1. The number of amides is 2. The van der Waals surface area contributed by atoms with Gasteiger partial charge in [-0.25, -0.2) is 4.98 Å². The number of nitrogens with zero attached hydrogens (tertiary/aromatic N) is 1. The van der Waals surface area contributed by atoms with Gasteiger partial charge in [-0.2, -0.15) is 13.2 Å². The highest BCUT2D eigenvalue weighted by atomic mass is 32.1. The molecule has 0 spiro atoms. The standard InChI is InChI=1S/C23H23F3N4O2S/c24-23(25,26)19-9-3-11-27-21(19)28-12-13-29-22(32)16-5-1-6-17(15-16)30-20(31)10-2-7-18-8-4-14-33-18/h1,3-6,8-9,11,14-15H,2,7,10,12-13H2,(H,27,28)(H,29,32)(H,30,31). The number of benzene rings is 1. The van der Waals surface area contributed by atoms with Gasteiger partial charge in [0.15, 0.2) is 0 Å². The molecule has 0 atom stereocenters. The molecule has 2 heterocycles. The van der Waals surface area contributed by atoms with Crippen molar-refractivity contribution in [3.8, 4) is 0 Å². The van der Waals surface area contributed by atoms with Gasteiger partial charge in [0.1, 0.15) is 5.82 Å². The minimum absolute atomic E-state index is 0.0620. The van der Waals surface area contributed by atoms with E-state index in [0.717, 1.165) is 18.9 Å². The number of thiophene rings is 1. The number of aromatic nitrogens is 1. The van der Waals surface area contributed by atoms with E-state index in [0.29, 0.717) is 17.7 Å². The van der Waals surface area contributed by atoms with Gasteiger partial charge in [-0.15, -0.1) is 11.3 Å². The number of aryl methyl sites for hydroxylation is 1. The predicted octanol–water partition coefficient (Wildman–Crippen LogP) is 4.97. The lowest BCUT2D eigenvalue weighted by Crippen LogP contribution is -2.29. The zero-order valence-corrected chi connectivity index (χ0v) is 18.4. The first-order valence-corrected chi connectivity index (χ1v) is 11.2. The number of carbonyl (C=O) groups excluding carboxylic acids is 2. The smallest absolute Gasteiger partial charge is 0.368 e. The molecule has 6 nitrogen and oxygen atoms in total. The third-order valence-corrected chi connectivity index (χ3v) is 5.57. The summed E-state index contributed by atoms with van der Waals surface area (Å²) in [6.45, 7) is 0.151. The number of hydrogen-bond acceptors (Lipinski definition) is 5. The summed E-state index contributed by atoms with van der Waals surface area (Å²) in [4.78, 5) is 29.5. The molecule has 0 radical (unpaired) electrons. The Morgan fingerprint density at radius 1 is 1.03 bits per heavy atom. The fourth-order valence-corrected chi connectivity index (χ4v) is 3.82. The second-order valence-corrected chi connectivity index (χ2v) is 8.17. The second-order valence-electron chi connectivity index (χ2n) is 7.14. The predicted molar refractivity (Wildman–Crippen MR) is 122 cm³/mol. The maximum absolute atomic E-state index is 13.0. The fraction of sp³-hybridized carbons (Fsp3) is 0.261. The molecule has 0 saturated carbocycles. The molecule has 3 aromatic rings. The molecule has 2 aromatic heterocycles. The number of carbonyl (C=O) groups is 2. The summed E-state index contributed by atoms with van der Waals surface area (Å²) < 4.78 is 39.0. The lowest BCUT2D eigenvalue weighted by molar-refractivity contribution is -0.137. The summed E-state index contributed by atoms with van der Waals surface area (Å²) >= 11 is 1.66. The molecule has 0 bridgehead atoms. The molecule has 3 rings (SSSR count). The molecule has 10 heteroatoms. The maximum atomic E-state index is 13.0. The third-order valence-electron chi connectivity index (χ3n) is 4.63. The molecule has 0 aliphatic carbocycles. The summed E-state index contributed by atoms with van der Waals surface area (Å²) in [7, 11) is 0. The van der Waals surface area contributed by atoms with Crippen molar-refractivity contribution in [2.45, 2.75) is 25.4 Å². The Morgan fingerprint density at radius 3 is 2.64 bits per heavy atom. The molecule has 0 saturated heterocycles. The van der Waals surface area contributed by atoms with Gasteiger partial charge in [0.2, 0.25) is 5.91 Å². The third kappa shape index (κ3) is 7.60. The molecule has 0 unspecified atom stereocenters. The number of alkyl halides is 3. The van der Waals surface area contributed by atoms with Crippen molar-refractivity contribution in [1.82, 2.24) is 10.3 Å². The minimum Gasteiger partial charge on any atom is -0.368 e. The van der Waals surface area contributed by atoms with Crippen LogP contribution in [0.2, 0.25) is 0 Å². The van der Waals surface area contributed by atoms with E-state index in [4.69, 9.17) is 0 Å². The van der Waals surface area contributed by atoms with Crippen molar-refractivity contribution >= 4 is 34.7 Å². The van der Waals surface area contributed by atoms with E-state index in [1.165, 1.54) is 17.1 Å². The number of halogens is 3. The molecule has 2 amide bonds. The Morgan fingerprint density at radius 2 is 1.88 bits per heavy atom. The van der Waals surface area contributed by atoms with Crippen LogP contribution in [0.15, 0.2) is 60.1 Å². The quantitative estimate of drug-likeness (QED) is 0.361. The topological polar surface area (TPSA) is 83.1 Å². The molecule has 1 aromatic carbocycles. The van der Waals surface area contributed by atoms with Crippen LogP contribution < -0.4 is 16.0 Å². The van der Waals surface area contributed by atoms with Crippen molar-refractivity contribution in [2.75, 3.05) is 23.7 Å². The van der Waals surface area contributed by atoms with Gasteiger partial charge >= 0.3 is 6.18 Å². The van der Waals surface area contributed by atoms with Gasteiger partial charge in [-0.3, -0.25) is 9.59 Å². The van der Waals surface area contributed by atoms with Crippen LogP contribution >= 0.6 is 11.3 Å². The molecule has 174 valence electrons. The summed E-state index contributed by atoms with van der Waals surface area (Å²) in [5.74, 6) is -0.824. The first-order chi connectivity index (χ1) is 15.8. The average molecular weight is 477 g/mol. The number of anilines is 2. The second kappa shape index (κ2) is 11.5. The van der Waals surface area contributed by atoms with Crippen LogP contribution in [0.25, 0.3) is 0 Å². The van der Waals surface area contributed by atoms with Crippen molar-refractivity contribution in [3.05, 3.63) is 76.1 Å². The number of nitrogens with one attached hydrogen (secondary N) is 3. The molecular weight excluding hydrogens is 453 g/mol. The largest absolute Gasteiger partial charge is 0.419 e. The van der Waals surface area contributed by atoms with E-state index in [9.17, 15) is 22.8 Å². The molecule has 0 fully saturated rings. The highest BCUT2D eigenvalue weighted by Gasteiger charge is 2.33. The maximum Gasteiger partial charge on any atom is 0.419 e. The van der Waals surface area contributed by atoms with E-state index >= 15 is 0 Å².